The van der Waals surface area contributed by atoms with Crippen molar-refractivity contribution in [2.75, 3.05) is 33.4 Å². The second-order valence-electron chi connectivity index (χ2n) is 5.18. The van der Waals surface area contributed by atoms with Crippen LogP contribution < -0.4 is 5.32 Å². The highest BCUT2D eigenvalue weighted by molar-refractivity contribution is 5.23. The Hall–Kier alpha value is -1.11. The van der Waals surface area contributed by atoms with E-state index in [9.17, 15) is 13.2 Å². The Kier molecular flexibility index (Phi) is 6.02. The van der Waals surface area contributed by atoms with Crippen LogP contribution >= 0.6 is 0 Å². The molecule has 1 aliphatic rings. The molecule has 1 fully saturated rings. The van der Waals surface area contributed by atoms with Gasteiger partial charge in [0.2, 0.25) is 0 Å². The van der Waals surface area contributed by atoms with E-state index >= 15 is 0 Å². The van der Waals surface area contributed by atoms with Gasteiger partial charge in [0, 0.05) is 44.4 Å². The molecule has 118 valence electrons. The van der Waals surface area contributed by atoms with Crippen LogP contribution in [0.1, 0.15) is 24.5 Å². The predicted octanol–water partition coefficient (Wildman–Crippen LogP) is 2.81. The van der Waals surface area contributed by atoms with E-state index in [0.717, 1.165) is 18.9 Å². The lowest BCUT2D eigenvalue weighted by molar-refractivity contribution is -0.0301. The highest BCUT2D eigenvalue weighted by atomic mass is 19.2. The Balaban J connectivity index is 2.09. The van der Waals surface area contributed by atoms with E-state index in [1.807, 2.05) is 0 Å². The van der Waals surface area contributed by atoms with Gasteiger partial charge in [-0.15, -0.1) is 0 Å². The van der Waals surface area contributed by atoms with E-state index in [0.29, 0.717) is 32.4 Å². The lowest BCUT2D eigenvalue weighted by Crippen LogP contribution is -2.33. The third kappa shape index (κ3) is 4.18. The third-order valence-corrected chi connectivity index (χ3v) is 3.68. The first-order valence-corrected chi connectivity index (χ1v) is 7.09. The molecule has 1 saturated heterocycles. The molecule has 1 aliphatic heterocycles. The number of nitrogens with one attached hydrogen (secondary N) is 1. The first kappa shape index (κ1) is 16.3. The summed E-state index contributed by atoms with van der Waals surface area (Å²) in [5, 5.41) is 3.21. The molecule has 1 aromatic carbocycles. The molecule has 6 heteroatoms. The predicted molar refractivity (Wildman–Crippen MR) is 72.5 cm³/mol. The summed E-state index contributed by atoms with van der Waals surface area (Å²) >= 11 is 0. The van der Waals surface area contributed by atoms with Gasteiger partial charge in [0.25, 0.3) is 0 Å². The smallest absolute Gasteiger partial charge is 0.161 e. The van der Waals surface area contributed by atoms with Gasteiger partial charge >= 0.3 is 0 Å². The van der Waals surface area contributed by atoms with Crippen LogP contribution in [0.15, 0.2) is 12.1 Å². The van der Waals surface area contributed by atoms with Gasteiger partial charge in [-0.05, 0) is 18.9 Å². The normalized spacial score (nSPS) is 22.5. The molecule has 0 aromatic heterocycles. The molecule has 2 atom stereocenters. The number of rotatable bonds is 6. The van der Waals surface area contributed by atoms with Gasteiger partial charge in [-0.25, -0.2) is 13.2 Å². The highest BCUT2D eigenvalue weighted by Crippen LogP contribution is 2.35. The van der Waals surface area contributed by atoms with Gasteiger partial charge in [-0.1, -0.05) is 0 Å². The van der Waals surface area contributed by atoms with Crippen LogP contribution in [-0.2, 0) is 9.47 Å². The van der Waals surface area contributed by atoms with Crippen LogP contribution in [0.5, 0.6) is 0 Å². The van der Waals surface area contributed by atoms with Crippen LogP contribution in [-0.4, -0.2) is 33.4 Å². The molecular formula is C15H20F3NO2. The number of benzene rings is 1. The molecule has 3 nitrogen and oxygen atoms in total. The van der Waals surface area contributed by atoms with E-state index in [-0.39, 0.29) is 11.5 Å². The summed E-state index contributed by atoms with van der Waals surface area (Å²) in [4.78, 5) is 0. The Morgan fingerprint density at radius 1 is 1.24 bits per heavy atom. The average molecular weight is 303 g/mol. The van der Waals surface area contributed by atoms with Crippen molar-refractivity contribution in [1.29, 1.82) is 0 Å². The van der Waals surface area contributed by atoms with Crippen molar-refractivity contribution < 1.29 is 22.6 Å². The van der Waals surface area contributed by atoms with Crippen molar-refractivity contribution in [2.45, 2.75) is 18.9 Å². The summed E-state index contributed by atoms with van der Waals surface area (Å²) in [5.74, 6) is -2.97. The molecular weight excluding hydrogens is 283 g/mol. The number of hydrogen-bond acceptors (Lipinski definition) is 3. The summed E-state index contributed by atoms with van der Waals surface area (Å²) in [5.41, 5.74) is 0.0899. The van der Waals surface area contributed by atoms with Crippen molar-refractivity contribution in [1.82, 2.24) is 5.32 Å². The maximum absolute atomic E-state index is 13.9. The van der Waals surface area contributed by atoms with Gasteiger partial charge in [-0.3, -0.25) is 0 Å². The van der Waals surface area contributed by atoms with E-state index in [2.05, 4.69) is 5.32 Å². The quantitative estimate of drug-likeness (QED) is 0.647. The lowest BCUT2D eigenvalue weighted by atomic mass is 9.89. The van der Waals surface area contributed by atoms with E-state index < -0.39 is 23.6 Å². The Morgan fingerprint density at radius 2 is 2.00 bits per heavy atom. The third-order valence-electron chi connectivity index (χ3n) is 3.68. The zero-order chi connectivity index (χ0) is 15.2. The minimum Gasteiger partial charge on any atom is -0.383 e. The SMILES string of the molecule is COCCNCC1CCCOC1c1cc(F)c(F)cc1F. The molecule has 21 heavy (non-hydrogen) atoms. The minimum absolute atomic E-state index is 0.0231. The monoisotopic (exact) mass is 303 g/mol. The fourth-order valence-electron chi connectivity index (χ4n) is 2.61. The zero-order valence-electron chi connectivity index (χ0n) is 12.0. The molecule has 0 amide bonds. The van der Waals surface area contributed by atoms with Gasteiger partial charge < -0.3 is 14.8 Å². The van der Waals surface area contributed by atoms with Crippen LogP contribution in [0.3, 0.4) is 0 Å². The summed E-state index contributed by atoms with van der Waals surface area (Å²) in [6.07, 6.45) is 1.17. The maximum atomic E-state index is 13.9. The van der Waals surface area contributed by atoms with Crippen molar-refractivity contribution in [3.05, 3.63) is 35.1 Å². The fourth-order valence-corrected chi connectivity index (χ4v) is 2.61. The molecule has 2 unspecified atom stereocenters. The zero-order valence-corrected chi connectivity index (χ0v) is 12.0. The molecule has 0 saturated carbocycles. The molecule has 2 rings (SSSR count). The highest BCUT2D eigenvalue weighted by Gasteiger charge is 2.30. The van der Waals surface area contributed by atoms with Crippen molar-refractivity contribution in [3.8, 4) is 0 Å². The minimum atomic E-state index is -1.18. The maximum Gasteiger partial charge on any atom is 0.161 e. The Morgan fingerprint density at radius 3 is 2.76 bits per heavy atom. The average Bonchev–Trinajstić information content (AvgIpc) is 2.48. The van der Waals surface area contributed by atoms with Gasteiger partial charge in [-0.2, -0.15) is 0 Å². The summed E-state index contributed by atoms with van der Waals surface area (Å²) in [6, 6.07) is 1.49. The lowest BCUT2D eigenvalue weighted by Gasteiger charge is -2.32. The second kappa shape index (κ2) is 7.77. The summed E-state index contributed by atoms with van der Waals surface area (Å²) in [7, 11) is 1.62. The second-order valence-corrected chi connectivity index (χ2v) is 5.18. The van der Waals surface area contributed by atoms with E-state index in [4.69, 9.17) is 9.47 Å². The van der Waals surface area contributed by atoms with Crippen LogP contribution in [0.4, 0.5) is 13.2 Å². The van der Waals surface area contributed by atoms with Crippen molar-refractivity contribution in [3.63, 3.8) is 0 Å². The largest absolute Gasteiger partial charge is 0.383 e. The molecule has 0 bridgehead atoms. The number of ether oxygens (including phenoxy) is 2. The van der Waals surface area contributed by atoms with Gasteiger partial charge in [0.1, 0.15) is 5.82 Å². The molecule has 1 N–H and O–H groups in total. The van der Waals surface area contributed by atoms with Crippen LogP contribution in [0, 0.1) is 23.4 Å². The standard InChI is InChI=1S/C15H20F3NO2/c1-20-6-4-19-9-10-3-2-5-21-15(10)11-7-13(17)14(18)8-12(11)16/h7-8,10,15,19H,2-6,9H2,1H3. The molecule has 1 aromatic rings. The van der Waals surface area contributed by atoms with E-state index in [1.54, 1.807) is 7.11 Å². The Labute approximate surface area is 122 Å². The van der Waals surface area contributed by atoms with E-state index in [1.165, 1.54) is 0 Å². The first-order valence-electron chi connectivity index (χ1n) is 7.09. The Bertz CT molecular complexity index is 470. The number of hydrogen-bond donors (Lipinski definition) is 1. The van der Waals surface area contributed by atoms with Crippen LogP contribution in [0.2, 0.25) is 0 Å². The summed E-state index contributed by atoms with van der Waals surface area (Å²) in [6.45, 7) is 2.38. The molecule has 1 heterocycles. The fraction of sp³-hybridized carbons (Fsp3) is 0.600. The summed E-state index contributed by atoms with van der Waals surface area (Å²) < 4.78 is 50.9. The molecule has 0 spiro atoms. The molecule has 0 aliphatic carbocycles. The molecule has 0 radical (unpaired) electrons. The topological polar surface area (TPSA) is 30.5 Å². The number of halogens is 3. The van der Waals surface area contributed by atoms with Crippen LogP contribution in [0.25, 0.3) is 0 Å². The van der Waals surface area contributed by atoms with Crippen molar-refractivity contribution in [2.24, 2.45) is 5.92 Å². The van der Waals surface area contributed by atoms with Gasteiger partial charge in [0.05, 0.1) is 12.7 Å². The van der Waals surface area contributed by atoms with Gasteiger partial charge in [0.15, 0.2) is 11.6 Å². The number of methoxy groups -OCH3 is 1. The first-order chi connectivity index (χ1) is 10.1. The van der Waals surface area contributed by atoms with Crippen molar-refractivity contribution >= 4 is 0 Å².